The minimum atomic E-state index is -0.657. The number of hydrogen-bond acceptors (Lipinski definition) is 7. The molecule has 6 rings (SSSR count). The van der Waals surface area contributed by atoms with Gasteiger partial charge in [0.25, 0.3) is 11.8 Å². The fourth-order valence-electron chi connectivity index (χ4n) is 6.19. The van der Waals surface area contributed by atoms with Crippen LogP contribution >= 0.6 is 0 Å². The van der Waals surface area contributed by atoms with Crippen LogP contribution in [0.1, 0.15) is 90.3 Å². The monoisotopic (exact) mass is 579 g/mol. The molecular formula is C34H37N5O4. The van der Waals surface area contributed by atoms with Crippen molar-refractivity contribution < 1.29 is 19.1 Å². The van der Waals surface area contributed by atoms with Crippen LogP contribution in [0.5, 0.6) is 0 Å². The van der Waals surface area contributed by atoms with Gasteiger partial charge in [0.2, 0.25) is 0 Å². The summed E-state index contributed by atoms with van der Waals surface area (Å²) in [6.45, 7) is 7.03. The van der Waals surface area contributed by atoms with Crippen LogP contribution in [-0.2, 0) is 17.7 Å². The number of unbranched alkanes of at least 4 members (excludes halogenated alkanes) is 1. The molecule has 3 heterocycles. The fourth-order valence-corrected chi connectivity index (χ4v) is 6.19. The summed E-state index contributed by atoms with van der Waals surface area (Å²) in [6.07, 6.45) is 5.76. The van der Waals surface area contributed by atoms with E-state index < -0.39 is 11.7 Å². The van der Waals surface area contributed by atoms with E-state index in [-0.39, 0.29) is 17.9 Å². The Kier molecular flexibility index (Phi) is 7.83. The number of aromatic nitrogens is 3. The van der Waals surface area contributed by atoms with E-state index in [2.05, 4.69) is 11.0 Å². The van der Waals surface area contributed by atoms with Crippen LogP contribution in [0, 0.1) is 0 Å². The Bertz CT molecular complexity index is 1650. The first-order valence-electron chi connectivity index (χ1n) is 15.0. The highest BCUT2D eigenvalue weighted by molar-refractivity contribution is 6.21. The van der Waals surface area contributed by atoms with Gasteiger partial charge in [0, 0.05) is 12.7 Å². The van der Waals surface area contributed by atoms with E-state index >= 15 is 0 Å². The summed E-state index contributed by atoms with van der Waals surface area (Å²) >= 11 is 0. The van der Waals surface area contributed by atoms with Crippen LogP contribution < -0.4 is 0 Å². The summed E-state index contributed by atoms with van der Waals surface area (Å²) in [5.41, 5.74) is 4.04. The number of aryl methyl sites for hydroxylation is 1. The maximum atomic E-state index is 13.5. The number of para-hydroxylation sites is 2. The molecule has 1 aliphatic heterocycles. The fraction of sp³-hybridized carbons (Fsp3) is 0.382. The number of hydrogen-bond donors (Lipinski definition) is 0. The summed E-state index contributed by atoms with van der Waals surface area (Å²) in [6, 6.07) is 18.8. The number of nitrogens with zero attached hydrogens (tertiary/aromatic N) is 5. The maximum absolute atomic E-state index is 13.5. The number of rotatable bonds is 8. The summed E-state index contributed by atoms with van der Waals surface area (Å²) in [7, 11) is 0. The number of amides is 2. The van der Waals surface area contributed by atoms with Crippen molar-refractivity contribution in [1.82, 2.24) is 24.3 Å². The van der Waals surface area contributed by atoms with Gasteiger partial charge in [-0.15, -0.1) is 0 Å². The highest BCUT2D eigenvalue weighted by Gasteiger charge is 2.35. The highest BCUT2D eigenvalue weighted by atomic mass is 16.6. The van der Waals surface area contributed by atoms with Gasteiger partial charge < -0.3 is 4.74 Å². The van der Waals surface area contributed by atoms with E-state index in [0.717, 1.165) is 36.9 Å². The number of imide groups is 1. The van der Waals surface area contributed by atoms with Crippen molar-refractivity contribution in [3.05, 3.63) is 95.1 Å². The molecule has 1 aliphatic carbocycles. The molecule has 0 N–H and O–H groups in total. The van der Waals surface area contributed by atoms with Gasteiger partial charge in [-0.2, -0.15) is 0 Å². The van der Waals surface area contributed by atoms with Crippen molar-refractivity contribution in [1.29, 1.82) is 0 Å². The van der Waals surface area contributed by atoms with Crippen LogP contribution in [0.25, 0.3) is 11.0 Å². The largest absolute Gasteiger partial charge is 0.443 e. The van der Waals surface area contributed by atoms with Gasteiger partial charge in [0.1, 0.15) is 11.4 Å². The van der Waals surface area contributed by atoms with E-state index in [1.807, 2.05) is 57.3 Å². The Morgan fingerprint density at radius 2 is 1.70 bits per heavy atom. The second kappa shape index (κ2) is 11.7. The molecule has 2 aromatic carbocycles. The number of fused-ring (bicyclic) bond motifs is 3. The van der Waals surface area contributed by atoms with Crippen LogP contribution in [-0.4, -0.2) is 60.9 Å². The Morgan fingerprint density at radius 1 is 0.977 bits per heavy atom. The molecule has 0 fully saturated rings. The molecule has 9 nitrogen and oxygen atoms in total. The van der Waals surface area contributed by atoms with Gasteiger partial charge >= 0.3 is 6.09 Å². The first-order valence-corrected chi connectivity index (χ1v) is 15.0. The predicted octanol–water partition coefficient (Wildman–Crippen LogP) is 6.17. The van der Waals surface area contributed by atoms with E-state index in [1.165, 1.54) is 10.5 Å². The normalized spacial score (nSPS) is 16.6. The molecule has 1 atom stereocenters. The Morgan fingerprint density at radius 3 is 2.44 bits per heavy atom. The molecule has 0 saturated carbocycles. The maximum Gasteiger partial charge on any atom is 0.420 e. The lowest BCUT2D eigenvalue weighted by Crippen LogP contribution is -2.35. The average Bonchev–Trinajstić information content (AvgIpc) is 3.47. The minimum absolute atomic E-state index is 0.0520. The molecular weight excluding hydrogens is 542 g/mol. The first kappa shape index (κ1) is 28.7. The van der Waals surface area contributed by atoms with Gasteiger partial charge in [0.15, 0.2) is 0 Å². The van der Waals surface area contributed by atoms with Gasteiger partial charge in [0.05, 0.1) is 40.4 Å². The number of carbonyl (C=O) groups excluding carboxylic acids is 3. The third-order valence-corrected chi connectivity index (χ3v) is 8.11. The third-order valence-electron chi connectivity index (χ3n) is 8.11. The van der Waals surface area contributed by atoms with Gasteiger partial charge in [-0.05, 0) is 95.3 Å². The van der Waals surface area contributed by atoms with Gasteiger partial charge in [-0.3, -0.25) is 24.4 Å². The van der Waals surface area contributed by atoms with Crippen molar-refractivity contribution in [3.63, 3.8) is 0 Å². The third kappa shape index (κ3) is 5.82. The van der Waals surface area contributed by atoms with E-state index in [1.54, 1.807) is 28.8 Å². The number of benzene rings is 2. The molecule has 222 valence electrons. The molecule has 4 aromatic rings. The average molecular weight is 580 g/mol. The van der Waals surface area contributed by atoms with Crippen molar-refractivity contribution >= 4 is 28.9 Å². The topological polar surface area (TPSA) is 97.6 Å². The number of pyridine rings is 1. The van der Waals surface area contributed by atoms with Crippen molar-refractivity contribution in [2.24, 2.45) is 0 Å². The summed E-state index contributed by atoms with van der Waals surface area (Å²) in [5.74, 6) is 0.154. The van der Waals surface area contributed by atoms with Crippen molar-refractivity contribution in [3.8, 4) is 0 Å². The lowest BCUT2D eigenvalue weighted by molar-refractivity contribution is 0.0530. The SMILES string of the molecule is CC(C)(C)OC(=O)n1c(CN(CCCCN2C(=O)c3ccccc3C2=O)[C@H]2CCCc3cccnc32)nc2ccccc21. The molecule has 0 saturated heterocycles. The second-order valence-electron chi connectivity index (χ2n) is 12.3. The smallest absolute Gasteiger partial charge is 0.420 e. The number of carbonyl (C=O) groups is 3. The lowest BCUT2D eigenvalue weighted by atomic mass is 9.90. The minimum Gasteiger partial charge on any atom is -0.443 e. The molecule has 9 heteroatoms. The van der Waals surface area contributed by atoms with Crippen LogP contribution in [0.4, 0.5) is 4.79 Å². The Labute approximate surface area is 251 Å². The summed E-state index contributed by atoms with van der Waals surface area (Å²) < 4.78 is 7.39. The molecule has 43 heavy (non-hydrogen) atoms. The highest BCUT2D eigenvalue weighted by Crippen LogP contribution is 2.34. The van der Waals surface area contributed by atoms with E-state index in [0.29, 0.717) is 48.5 Å². The van der Waals surface area contributed by atoms with E-state index in [4.69, 9.17) is 14.7 Å². The molecule has 0 unspecified atom stereocenters. The van der Waals surface area contributed by atoms with Crippen molar-refractivity contribution in [2.75, 3.05) is 13.1 Å². The van der Waals surface area contributed by atoms with Crippen LogP contribution in [0.3, 0.4) is 0 Å². The zero-order valence-corrected chi connectivity index (χ0v) is 25.0. The van der Waals surface area contributed by atoms with Crippen LogP contribution in [0.2, 0.25) is 0 Å². The molecule has 0 radical (unpaired) electrons. The predicted molar refractivity (Wildman–Crippen MR) is 163 cm³/mol. The molecule has 2 amide bonds. The molecule has 2 aromatic heterocycles. The van der Waals surface area contributed by atoms with Crippen molar-refractivity contribution in [2.45, 2.75) is 71.1 Å². The van der Waals surface area contributed by atoms with E-state index in [9.17, 15) is 14.4 Å². The number of imidazole rings is 1. The zero-order valence-electron chi connectivity index (χ0n) is 25.0. The van der Waals surface area contributed by atoms with Crippen LogP contribution in [0.15, 0.2) is 66.9 Å². The Hall–Kier alpha value is -4.37. The van der Waals surface area contributed by atoms with Gasteiger partial charge in [-0.25, -0.2) is 14.3 Å². The number of ether oxygens (including phenoxy) is 1. The summed E-state index contributed by atoms with van der Waals surface area (Å²) in [5, 5.41) is 0. The molecule has 0 bridgehead atoms. The summed E-state index contributed by atoms with van der Waals surface area (Å²) in [4.78, 5) is 52.6. The standard InChI is InChI=1S/C34H37N5O4/c1-34(2,3)43-33(42)39-27-17-7-6-16-26(27)36-29(39)22-37(28-18-10-12-23-13-11-19-35-30(23)28)20-8-9-21-38-31(40)24-14-4-5-15-25(24)32(38)41/h4-7,11,13-17,19,28H,8-10,12,18,20-22H2,1-3H3/t28-/m0/s1. The van der Waals surface area contributed by atoms with Gasteiger partial charge in [-0.1, -0.05) is 30.3 Å². The second-order valence-corrected chi connectivity index (χ2v) is 12.3. The quantitative estimate of drug-likeness (QED) is 0.182. The zero-order chi connectivity index (χ0) is 30.1. The molecule has 0 spiro atoms. The molecule has 2 aliphatic rings. The lowest BCUT2D eigenvalue weighted by Gasteiger charge is -2.35. The Balaban J connectivity index is 1.25. The first-order chi connectivity index (χ1) is 20.7.